The fourth-order valence-corrected chi connectivity index (χ4v) is 1.95. The highest BCUT2D eigenvalue weighted by molar-refractivity contribution is 5.93. The molecule has 1 aromatic carbocycles. The summed E-state index contributed by atoms with van der Waals surface area (Å²) in [4.78, 5) is 14.6. The number of nitrogens with one attached hydrogen (secondary N) is 2. The minimum Gasteiger partial charge on any atom is -0.490 e. The predicted octanol–water partition coefficient (Wildman–Crippen LogP) is 3.21. The van der Waals surface area contributed by atoms with Crippen LogP contribution in [-0.4, -0.2) is 30.3 Å². The Morgan fingerprint density at radius 1 is 1.29 bits per heavy atom. The third kappa shape index (κ3) is 5.15. The number of H-pyrrole nitrogens is 1. The highest BCUT2D eigenvalue weighted by Crippen LogP contribution is 2.28. The molecule has 0 atom stereocenters. The van der Waals surface area contributed by atoms with Gasteiger partial charge in [-0.15, -0.1) is 0 Å². The highest BCUT2D eigenvalue weighted by atomic mass is 16.5. The van der Waals surface area contributed by atoms with Crippen molar-refractivity contribution in [2.75, 3.05) is 13.2 Å². The molecule has 0 unspecified atom stereocenters. The highest BCUT2D eigenvalue weighted by Gasteiger charge is 2.07. The summed E-state index contributed by atoms with van der Waals surface area (Å²) in [5.74, 6) is 1.51. The van der Waals surface area contributed by atoms with Crippen LogP contribution in [0.4, 0.5) is 0 Å². The number of rotatable bonds is 8. The molecule has 1 heterocycles. The van der Waals surface area contributed by atoms with E-state index in [1.165, 1.54) is 0 Å². The molecule has 2 rings (SSSR count). The molecule has 0 spiro atoms. The molecule has 0 saturated heterocycles. The zero-order chi connectivity index (χ0) is 17.4. The molecular formula is C18H23N3O3. The summed E-state index contributed by atoms with van der Waals surface area (Å²) in [6.45, 7) is 7.27. The topological polar surface area (TPSA) is 75.7 Å². The quantitative estimate of drug-likeness (QED) is 0.577. The molecule has 24 heavy (non-hydrogen) atoms. The largest absolute Gasteiger partial charge is 0.490 e. The average Bonchev–Trinajstić information content (AvgIpc) is 3.08. The Balaban J connectivity index is 2.03. The maximum absolute atomic E-state index is 11.8. The second kappa shape index (κ2) is 8.76. The number of amides is 1. The Morgan fingerprint density at radius 3 is 2.79 bits per heavy atom. The SMILES string of the molecule is CCOc1cc(/C=N\NC(=O)c2ccc[nH]2)ccc1OCC(C)C. The van der Waals surface area contributed by atoms with Gasteiger partial charge in [0.25, 0.3) is 5.91 Å². The molecule has 0 saturated carbocycles. The Morgan fingerprint density at radius 2 is 2.12 bits per heavy atom. The number of hydrogen-bond donors (Lipinski definition) is 2. The molecule has 0 bridgehead atoms. The van der Waals surface area contributed by atoms with Crippen LogP contribution in [-0.2, 0) is 0 Å². The van der Waals surface area contributed by atoms with Crippen molar-refractivity contribution in [2.24, 2.45) is 11.0 Å². The van der Waals surface area contributed by atoms with Gasteiger partial charge in [-0.1, -0.05) is 13.8 Å². The van der Waals surface area contributed by atoms with E-state index in [0.717, 1.165) is 5.56 Å². The molecule has 2 N–H and O–H groups in total. The minimum atomic E-state index is -0.293. The van der Waals surface area contributed by atoms with Gasteiger partial charge in [-0.2, -0.15) is 5.10 Å². The molecule has 6 nitrogen and oxygen atoms in total. The van der Waals surface area contributed by atoms with Crippen LogP contribution < -0.4 is 14.9 Å². The van der Waals surface area contributed by atoms with Crippen LogP contribution in [0.2, 0.25) is 0 Å². The first-order valence-electron chi connectivity index (χ1n) is 7.96. The molecule has 0 aliphatic carbocycles. The first-order valence-corrected chi connectivity index (χ1v) is 7.96. The van der Waals surface area contributed by atoms with E-state index in [1.54, 1.807) is 24.5 Å². The monoisotopic (exact) mass is 329 g/mol. The van der Waals surface area contributed by atoms with Crippen molar-refractivity contribution in [1.29, 1.82) is 0 Å². The molecular weight excluding hydrogens is 306 g/mol. The molecule has 0 aliphatic heterocycles. The van der Waals surface area contributed by atoms with Crippen LogP contribution >= 0.6 is 0 Å². The number of ether oxygens (including phenoxy) is 2. The number of hydrogen-bond acceptors (Lipinski definition) is 4. The third-order valence-electron chi connectivity index (χ3n) is 3.06. The molecule has 0 aliphatic rings. The van der Waals surface area contributed by atoms with E-state index in [4.69, 9.17) is 9.47 Å². The number of benzene rings is 1. The van der Waals surface area contributed by atoms with Gasteiger partial charge in [-0.05, 0) is 48.7 Å². The van der Waals surface area contributed by atoms with Crippen molar-refractivity contribution < 1.29 is 14.3 Å². The average molecular weight is 329 g/mol. The van der Waals surface area contributed by atoms with Crippen LogP contribution in [0.1, 0.15) is 36.8 Å². The van der Waals surface area contributed by atoms with E-state index in [9.17, 15) is 4.79 Å². The lowest BCUT2D eigenvalue weighted by atomic mass is 10.2. The lowest BCUT2D eigenvalue weighted by Crippen LogP contribution is -2.17. The van der Waals surface area contributed by atoms with Crippen LogP contribution in [0.15, 0.2) is 41.6 Å². The van der Waals surface area contributed by atoms with Crippen LogP contribution in [0.3, 0.4) is 0 Å². The van der Waals surface area contributed by atoms with Gasteiger partial charge in [0.05, 0.1) is 19.4 Å². The second-order valence-corrected chi connectivity index (χ2v) is 5.63. The van der Waals surface area contributed by atoms with Crippen molar-refractivity contribution in [2.45, 2.75) is 20.8 Å². The van der Waals surface area contributed by atoms with Gasteiger partial charge in [0.15, 0.2) is 11.5 Å². The summed E-state index contributed by atoms with van der Waals surface area (Å²) in [5, 5.41) is 3.96. The summed E-state index contributed by atoms with van der Waals surface area (Å²) >= 11 is 0. The minimum absolute atomic E-state index is 0.293. The van der Waals surface area contributed by atoms with Gasteiger partial charge in [-0.25, -0.2) is 5.43 Å². The smallest absolute Gasteiger partial charge is 0.287 e. The summed E-state index contributed by atoms with van der Waals surface area (Å²) in [7, 11) is 0. The van der Waals surface area contributed by atoms with Crippen LogP contribution in [0, 0.1) is 5.92 Å². The third-order valence-corrected chi connectivity index (χ3v) is 3.06. The molecule has 1 aromatic heterocycles. The molecule has 128 valence electrons. The van der Waals surface area contributed by atoms with Gasteiger partial charge in [-0.3, -0.25) is 4.79 Å². The fraction of sp³-hybridized carbons (Fsp3) is 0.333. The molecule has 2 aromatic rings. The zero-order valence-electron chi connectivity index (χ0n) is 14.2. The molecule has 6 heteroatoms. The normalized spacial score (nSPS) is 11.0. The van der Waals surface area contributed by atoms with E-state index in [0.29, 0.717) is 36.3 Å². The van der Waals surface area contributed by atoms with Crippen LogP contribution in [0.5, 0.6) is 11.5 Å². The van der Waals surface area contributed by atoms with Gasteiger partial charge in [0, 0.05) is 6.20 Å². The standard InChI is InChI=1S/C18H23N3O3/c1-4-23-17-10-14(7-8-16(17)24-12-13(2)3)11-20-21-18(22)15-6-5-9-19-15/h5-11,13,19H,4,12H2,1-3H3,(H,21,22)/b20-11-. The lowest BCUT2D eigenvalue weighted by Gasteiger charge is -2.13. The van der Waals surface area contributed by atoms with Crippen molar-refractivity contribution in [1.82, 2.24) is 10.4 Å². The molecule has 0 radical (unpaired) electrons. The number of aromatic nitrogens is 1. The second-order valence-electron chi connectivity index (χ2n) is 5.63. The maximum Gasteiger partial charge on any atom is 0.287 e. The molecule has 1 amide bonds. The fourth-order valence-electron chi connectivity index (χ4n) is 1.95. The Bertz CT molecular complexity index is 679. The number of nitrogens with zero attached hydrogens (tertiary/aromatic N) is 1. The summed E-state index contributed by atoms with van der Waals surface area (Å²) in [5.41, 5.74) is 3.73. The Hall–Kier alpha value is -2.76. The summed E-state index contributed by atoms with van der Waals surface area (Å²) < 4.78 is 11.4. The van der Waals surface area contributed by atoms with Crippen molar-refractivity contribution >= 4 is 12.1 Å². The van der Waals surface area contributed by atoms with E-state index in [1.807, 2.05) is 25.1 Å². The number of aromatic amines is 1. The van der Waals surface area contributed by atoms with E-state index in [2.05, 4.69) is 29.4 Å². The van der Waals surface area contributed by atoms with E-state index >= 15 is 0 Å². The van der Waals surface area contributed by atoms with Gasteiger partial charge in [0.2, 0.25) is 0 Å². The Kier molecular flexibility index (Phi) is 6.42. The summed E-state index contributed by atoms with van der Waals surface area (Å²) in [6.07, 6.45) is 3.25. The summed E-state index contributed by atoms with van der Waals surface area (Å²) in [6, 6.07) is 8.98. The van der Waals surface area contributed by atoms with E-state index in [-0.39, 0.29) is 5.91 Å². The number of carbonyl (C=O) groups is 1. The molecule has 0 fully saturated rings. The Labute approximate surface area is 141 Å². The van der Waals surface area contributed by atoms with Crippen LogP contribution in [0.25, 0.3) is 0 Å². The first kappa shape index (κ1) is 17.6. The van der Waals surface area contributed by atoms with Gasteiger partial charge in [0.1, 0.15) is 5.69 Å². The predicted molar refractivity (Wildman–Crippen MR) is 93.8 cm³/mol. The maximum atomic E-state index is 11.8. The zero-order valence-corrected chi connectivity index (χ0v) is 14.2. The lowest BCUT2D eigenvalue weighted by molar-refractivity contribution is 0.0951. The number of carbonyl (C=O) groups excluding carboxylic acids is 1. The number of hydrazone groups is 1. The van der Waals surface area contributed by atoms with Crippen molar-refractivity contribution in [3.05, 3.63) is 47.8 Å². The van der Waals surface area contributed by atoms with Crippen molar-refractivity contribution in [3.8, 4) is 11.5 Å². The van der Waals surface area contributed by atoms with Gasteiger partial charge >= 0.3 is 0 Å². The van der Waals surface area contributed by atoms with Crippen molar-refractivity contribution in [3.63, 3.8) is 0 Å². The van der Waals surface area contributed by atoms with Gasteiger partial charge < -0.3 is 14.5 Å². The van der Waals surface area contributed by atoms with E-state index < -0.39 is 0 Å². The first-order chi connectivity index (χ1) is 11.6.